The van der Waals surface area contributed by atoms with Crippen molar-refractivity contribution >= 4 is 28.9 Å². The third-order valence-corrected chi connectivity index (χ3v) is 6.21. The van der Waals surface area contributed by atoms with E-state index in [9.17, 15) is 9.18 Å². The number of aliphatic imine (C=N–C) groups is 1. The molecule has 0 spiro atoms. The maximum atomic E-state index is 13.1. The molecule has 3 heterocycles. The van der Waals surface area contributed by atoms with Crippen LogP contribution in [0.25, 0.3) is 6.08 Å². The van der Waals surface area contributed by atoms with Crippen molar-refractivity contribution in [2.45, 2.75) is 26.9 Å². The number of aromatic nitrogens is 2. The van der Waals surface area contributed by atoms with Gasteiger partial charge in [-0.2, -0.15) is 10.1 Å². The Morgan fingerprint density at radius 3 is 2.55 bits per heavy atom. The Labute approximate surface area is 174 Å². The second kappa shape index (κ2) is 8.51. The molecular weight excluding hydrogens is 389 g/mol. The number of amides is 1. The predicted molar refractivity (Wildman–Crippen MR) is 114 cm³/mol. The van der Waals surface area contributed by atoms with E-state index in [2.05, 4.69) is 19.9 Å². The van der Waals surface area contributed by atoms with Gasteiger partial charge in [-0.25, -0.2) is 4.39 Å². The summed E-state index contributed by atoms with van der Waals surface area (Å²) in [7, 11) is 0. The second-order valence-electron chi connectivity index (χ2n) is 7.23. The summed E-state index contributed by atoms with van der Waals surface area (Å²) in [6, 6.07) is 6.66. The summed E-state index contributed by atoms with van der Waals surface area (Å²) in [5.41, 5.74) is 2.98. The van der Waals surface area contributed by atoms with Gasteiger partial charge < -0.3 is 4.90 Å². The molecule has 1 aromatic heterocycles. The normalized spacial score (nSPS) is 19.3. The quantitative estimate of drug-likeness (QED) is 0.721. The first-order valence-corrected chi connectivity index (χ1v) is 10.6. The average molecular weight is 414 g/mol. The molecule has 8 heteroatoms. The van der Waals surface area contributed by atoms with Crippen molar-refractivity contribution in [3.8, 4) is 0 Å². The lowest BCUT2D eigenvalue weighted by Gasteiger charge is -2.35. The molecule has 0 N–H and O–H groups in total. The second-order valence-corrected chi connectivity index (χ2v) is 8.23. The molecule has 2 aliphatic heterocycles. The van der Waals surface area contributed by atoms with Crippen LogP contribution in [0.1, 0.15) is 23.7 Å². The van der Waals surface area contributed by atoms with Gasteiger partial charge in [-0.3, -0.25) is 14.4 Å². The number of amidine groups is 1. The van der Waals surface area contributed by atoms with Gasteiger partial charge >= 0.3 is 0 Å². The van der Waals surface area contributed by atoms with Crippen molar-refractivity contribution in [1.82, 2.24) is 19.6 Å². The first-order chi connectivity index (χ1) is 14.0. The molecule has 4 rings (SSSR count). The van der Waals surface area contributed by atoms with Crippen LogP contribution in [0.3, 0.4) is 0 Å². The lowest BCUT2D eigenvalue weighted by atomic mass is 10.2. The van der Waals surface area contributed by atoms with Crippen LogP contribution in [0.5, 0.6) is 0 Å². The molecule has 0 unspecified atom stereocenters. The highest BCUT2D eigenvalue weighted by Crippen LogP contribution is 2.31. The Hall–Kier alpha value is -2.45. The van der Waals surface area contributed by atoms with Gasteiger partial charge in [-0.1, -0.05) is 12.1 Å². The highest BCUT2D eigenvalue weighted by Gasteiger charge is 2.28. The fourth-order valence-electron chi connectivity index (χ4n) is 3.46. The van der Waals surface area contributed by atoms with Gasteiger partial charge in [0, 0.05) is 51.0 Å². The minimum Gasteiger partial charge on any atom is -0.348 e. The SMILES string of the molecule is CCn1cc(C=C2SC(N3CCN(Cc4ccc(F)cc4)CC3)=NC2=O)c(C)n1. The number of hydrogen-bond acceptors (Lipinski definition) is 5. The third-order valence-electron chi connectivity index (χ3n) is 5.17. The summed E-state index contributed by atoms with van der Waals surface area (Å²) in [5.74, 6) is -0.386. The third kappa shape index (κ3) is 4.59. The number of thioether (sulfide) groups is 1. The number of hydrogen-bond donors (Lipinski definition) is 0. The van der Waals surface area contributed by atoms with Crippen LogP contribution in [0.15, 0.2) is 40.4 Å². The molecule has 0 aliphatic carbocycles. The van der Waals surface area contributed by atoms with Crippen LogP contribution < -0.4 is 0 Å². The monoisotopic (exact) mass is 413 g/mol. The van der Waals surface area contributed by atoms with E-state index in [1.54, 1.807) is 0 Å². The maximum absolute atomic E-state index is 13.1. The zero-order valence-corrected chi connectivity index (χ0v) is 17.5. The summed E-state index contributed by atoms with van der Waals surface area (Å²) in [5, 5.41) is 5.21. The predicted octanol–water partition coefficient (Wildman–Crippen LogP) is 3.14. The number of aryl methyl sites for hydroxylation is 2. The van der Waals surface area contributed by atoms with Crippen molar-refractivity contribution in [3.05, 3.63) is 58.0 Å². The topological polar surface area (TPSA) is 53.7 Å². The summed E-state index contributed by atoms with van der Waals surface area (Å²) in [6.45, 7) is 8.99. The highest BCUT2D eigenvalue weighted by molar-refractivity contribution is 8.18. The standard InChI is InChI=1S/C21H24FN5OS/c1-3-27-14-17(15(2)24-27)12-19-20(28)23-21(29-19)26-10-8-25(9-11-26)13-16-4-6-18(22)7-5-16/h4-7,12,14H,3,8-11,13H2,1-2H3. The van der Waals surface area contributed by atoms with Gasteiger partial charge in [-0.15, -0.1) is 0 Å². The molecule has 0 atom stereocenters. The largest absolute Gasteiger partial charge is 0.348 e. The lowest BCUT2D eigenvalue weighted by Crippen LogP contribution is -2.47. The van der Waals surface area contributed by atoms with Crippen molar-refractivity contribution < 1.29 is 9.18 Å². The Morgan fingerprint density at radius 2 is 1.90 bits per heavy atom. The summed E-state index contributed by atoms with van der Waals surface area (Å²) >= 11 is 1.44. The zero-order valence-electron chi connectivity index (χ0n) is 16.6. The van der Waals surface area contributed by atoms with Crippen LogP contribution in [0.4, 0.5) is 4.39 Å². The zero-order chi connectivity index (χ0) is 20.4. The molecule has 2 aromatic rings. The Balaban J connectivity index is 1.35. The van der Waals surface area contributed by atoms with Crippen LogP contribution in [-0.2, 0) is 17.9 Å². The lowest BCUT2D eigenvalue weighted by molar-refractivity contribution is -0.113. The first kappa shape index (κ1) is 19.8. The van der Waals surface area contributed by atoms with E-state index in [1.165, 1.54) is 23.9 Å². The van der Waals surface area contributed by atoms with E-state index in [4.69, 9.17) is 0 Å². The van der Waals surface area contributed by atoms with Gasteiger partial charge in [0.25, 0.3) is 5.91 Å². The summed E-state index contributed by atoms with van der Waals surface area (Å²) < 4.78 is 14.9. The number of benzene rings is 1. The van der Waals surface area contributed by atoms with Gasteiger partial charge in [0.2, 0.25) is 0 Å². The average Bonchev–Trinajstić information content (AvgIpc) is 3.27. The van der Waals surface area contributed by atoms with Gasteiger partial charge in [-0.05, 0) is 49.4 Å². The molecule has 0 radical (unpaired) electrons. The Kier molecular flexibility index (Phi) is 5.82. The molecule has 1 aromatic carbocycles. The molecule has 2 aliphatic rings. The van der Waals surface area contributed by atoms with E-state index >= 15 is 0 Å². The Morgan fingerprint density at radius 1 is 1.17 bits per heavy atom. The molecule has 0 saturated carbocycles. The number of rotatable bonds is 4. The molecular formula is C21H24FN5OS. The van der Waals surface area contributed by atoms with Crippen LogP contribution in [-0.4, -0.2) is 56.8 Å². The van der Waals surface area contributed by atoms with Gasteiger partial charge in [0.05, 0.1) is 10.6 Å². The fraction of sp³-hybridized carbons (Fsp3) is 0.381. The molecule has 6 nitrogen and oxygen atoms in total. The summed E-state index contributed by atoms with van der Waals surface area (Å²) in [6.07, 6.45) is 3.85. The molecule has 0 bridgehead atoms. The van der Waals surface area contributed by atoms with Gasteiger partial charge in [0.1, 0.15) is 5.82 Å². The van der Waals surface area contributed by atoms with Crippen molar-refractivity contribution in [2.75, 3.05) is 26.2 Å². The van der Waals surface area contributed by atoms with E-state index in [1.807, 2.05) is 42.9 Å². The number of piperazine rings is 1. The summed E-state index contributed by atoms with van der Waals surface area (Å²) in [4.78, 5) is 21.8. The Bertz CT molecular complexity index is 958. The van der Waals surface area contributed by atoms with Crippen LogP contribution in [0, 0.1) is 12.7 Å². The number of nitrogens with zero attached hydrogens (tertiary/aromatic N) is 5. The minimum absolute atomic E-state index is 0.178. The van der Waals surface area contributed by atoms with Crippen LogP contribution in [0.2, 0.25) is 0 Å². The molecule has 1 saturated heterocycles. The molecule has 1 fully saturated rings. The smallest absolute Gasteiger partial charge is 0.286 e. The van der Waals surface area contributed by atoms with E-state index in [-0.39, 0.29) is 11.7 Å². The van der Waals surface area contributed by atoms with E-state index in [0.717, 1.165) is 61.3 Å². The molecule has 152 valence electrons. The highest BCUT2D eigenvalue weighted by atomic mass is 32.2. The van der Waals surface area contributed by atoms with Crippen molar-refractivity contribution in [2.24, 2.45) is 4.99 Å². The fourth-order valence-corrected chi connectivity index (χ4v) is 4.41. The molecule has 1 amide bonds. The van der Waals surface area contributed by atoms with Gasteiger partial charge in [0.15, 0.2) is 5.17 Å². The minimum atomic E-state index is -0.208. The maximum Gasteiger partial charge on any atom is 0.286 e. The van der Waals surface area contributed by atoms with E-state index < -0.39 is 0 Å². The van der Waals surface area contributed by atoms with Crippen molar-refractivity contribution in [3.63, 3.8) is 0 Å². The molecule has 29 heavy (non-hydrogen) atoms. The first-order valence-electron chi connectivity index (χ1n) is 9.80. The van der Waals surface area contributed by atoms with Crippen molar-refractivity contribution in [1.29, 1.82) is 0 Å². The van der Waals surface area contributed by atoms with Crippen LogP contribution >= 0.6 is 11.8 Å². The number of halogens is 1. The van der Waals surface area contributed by atoms with E-state index in [0.29, 0.717) is 4.91 Å². The number of carbonyl (C=O) groups excluding carboxylic acids is 1. The number of carbonyl (C=O) groups is 1.